The summed E-state index contributed by atoms with van der Waals surface area (Å²) in [6.07, 6.45) is 1.06. The zero-order valence-electron chi connectivity index (χ0n) is 17.0. The molecule has 12 heteroatoms. The first kappa shape index (κ1) is 21.4. The molecule has 0 spiro atoms. The maximum atomic E-state index is 13.1. The molecule has 4 heterocycles. The second kappa shape index (κ2) is 8.02. The largest absolute Gasteiger partial charge is 0.419 e. The molecule has 3 amide bonds. The minimum atomic E-state index is -4.62. The molecule has 1 aliphatic heterocycles. The number of nitrogen functional groups attached to an aromatic ring is 1. The molecule has 32 heavy (non-hydrogen) atoms. The van der Waals surface area contributed by atoms with Crippen molar-refractivity contribution in [2.75, 3.05) is 24.6 Å². The number of carbonyl (C=O) groups is 2. The predicted octanol–water partition coefficient (Wildman–Crippen LogP) is 2.74. The smallest absolute Gasteiger partial charge is 0.383 e. The van der Waals surface area contributed by atoms with Gasteiger partial charge in [-0.25, -0.2) is 14.8 Å². The molecule has 9 nitrogen and oxygen atoms in total. The van der Waals surface area contributed by atoms with E-state index in [4.69, 9.17) is 5.73 Å². The summed E-state index contributed by atoms with van der Waals surface area (Å²) in [5.74, 6) is -0.569. The van der Waals surface area contributed by atoms with Gasteiger partial charge < -0.3 is 20.4 Å². The number of aromatic nitrogens is 3. The van der Waals surface area contributed by atoms with Gasteiger partial charge in [-0.3, -0.25) is 10.1 Å². The highest BCUT2D eigenvalue weighted by molar-refractivity contribution is 5.93. The number of carbonyl (C=O) groups excluding carboxylic acids is 2. The third kappa shape index (κ3) is 4.03. The van der Waals surface area contributed by atoms with E-state index in [9.17, 15) is 22.8 Å². The topological polar surface area (TPSA) is 118 Å². The maximum Gasteiger partial charge on any atom is 0.419 e. The average molecular weight is 447 g/mol. The summed E-state index contributed by atoms with van der Waals surface area (Å²) in [7, 11) is 1.52. The Balaban J connectivity index is 1.58. The van der Waals surface area contributed by atoms with Crippen LogP contribution < -0.4 is 16.4 Å². The molecule has 0 radical (unpaired) electrons. The van der Waals surface area contributed by atoms with Crippen LogP contribution in [0.15, 0.2) is 36.8 Å². The lowest BCUT2D eigenvalue weighted by molar-refractivity contribution is -0.137. The third-order valence-electron chi connectivity index (χ3n) is 5.31. The molecule has 1 saturated heterocycles. The Morgan fingerprint density at radius 1 is 1.22 bits per heavy atom. The number of anilines is 2. The summed E-state index contributed by atoms with van der Waals surface area (Å²) < 4.78 is 41.0. The summed E-state index contributed by atoms with van der Waals surface area (Å²) in [6, 6.07) is 3.16. The molecule has 4 N–H and O–H groups in total. The molecular formula is C20H20F3N7O2. The van der Waals surface area contributed by atoms with Crippen molar-refractivity contribution < 1.29 is 22.8 Å². The highest BCUT2D eigenvalue weighted by Crippen LogP contribution is 2.35. The fourth-order valence-electron chi connectivity index (χ4n) is 3.71. The Bertz CT molecular complexity index is 1190. The second-order valence-electron chi connectivity index (χ2n) is 7.36. The van der Waals surface area contributed by atoms with Gasteiger partial charge >= 0.3 is 12.2 Å². The minimum Gasteiger partial charge on any atom is -0.383 e. The number of rotatable bonds is 3. The Labute approximate surface area is 180 Å². The van der Waals surface area contributed by atoms with Crippen LogP contribution in [0.2, 0.25) is 0 Å². The van der Waals surface area contributed by atoms with Gasteiger partial charge in [-0.15, -0.1) is 0 Å². The molecule has 0 unspecified atom stereocenters. The number of amides is 3. The minimum absolute atomic E-state index is 0.229. The SMILES string of the molecule is CNC(=O)[C@@H]1CCCN1C(=O)Nc1cn2cc(-c3cnc(N)c(C(F)(F)F)c3)ccc2n1. The molecule has 0 bridgehead atoms. The molecule has 0 aliphatic carbocycles. The van der Waals surface area contributed by atoms with Gasteiger partial charge in [-0.2, -0.15) is 13.2 Å². The number of likely N-dealkylation sites (tertiary alicyclic amines) is 1. The van der Waals surface area contributed by atoms with Gasteiger partial charge in [-0.1, -0.05) is 0 Å². The number of halogens is 3. The monoisotopic (exact) mass is 447 g/mol. The fraction of sp³-hybridized carbons (Fsp3) is 0.300. The van der Waals surface area contributed by atoms with Crippen LogP contribution in [-0.2, 0) is 11.0 Å². The number of hydrogen-bond donors (Lipinski definition) is 3. The number of nitrogens with one attached hydrogen (secondary N) is 2. The van der Waals surface area contributed by atoms with E-state index < -0.39 is 29.6 Å². The molecule has 168 valence electrons. The number of hydrogen-bond acceptors (Lipinski definition) is 5. The number of nitrogens with two attached hydrogens (primary N) is 1. The Morgan fingerprint density at radius 2 is 2.00 bits per heavy atom. The van der Waals surface area contributed by atoms with E-state index >= 15 is 0 Å². The van der Waals surface area contributed by atoms with Crippen molar-refractivity contribution in [3.05, 3.63) is 42.4 Å². The first-order valence-corrected chi connectivity index (χ1v) is 9.78. The molecule has 1 fully saturated rings. The maximum absolute atomic E-state index is 13.1. The van der Waals surface area contributed by atoms with Crippen molar-refractivity contribution in [1.82, 2.24) is 24.6 Å². The van der Waals surface area contributed by atoms with Crippen molar-refractivity contribution in [3.8, 4) is 11.1 Å². The van der Waals surface area contributed by atoms with Gasteiger partial charge in [0.05, 0.1) is 11.8 Å². The van der Waals surface area contributed by atoms with Gasteiger partial charge in [0.25, 0.3) is 0 Å². The van der Waals surface area contributed by atoms with E-state index in [2.05, 4.69) is 20.6 Å². The highest BCUT2D eigenvalue weighted by Gasteiger charge is 2.35. The lowest BCUT2D eigenvalue weighted by atomic mass is 10.1. The number of urea groups is 1. The molecular weight excluding hydrogens is 427 g/mol. The first-order chi connectivity index (χ1) is 15.2. The van der Waals surface area contributed by atoms with Crippen LogP contribution >= 0.6 is 0 Å². The van der Waals surface area contributed by atoms with E-state index in [0.29, 0.717) is 24.2 Å². The fourth-order valence-corrected chi connectivity index (χ4v) is 3.71. The van der Waals surface area contributed by atoms with E-state index in [1.807, 2.05) is 0 Å². The first-order valence-electron chi connectivity index (χ1n) is 9.78. The Kier molecular flexibility index (Phi) is 5.36. The van der Waals surface area contributed by atoms with Crippen LogP contribution in [0.25, 0.3) is 16.8 Å². The number of pyridine rings is 2. The van der Waals surface area contributed by atoms with Crippen molar-refractivity contribution in [1.29, 1.82) is 0 Å². The Hall–Kier alpha value is -3.83. The normalized spacial score (nSPS) is 16.4. The molecule has 1 atom stereocenters. The summed E-state index contributed by atoms with van der Waals surface area (Å²) in [5.41, 5.74) is 5.53. The number of imidazole rings is 1. The molecule has 0 aromatic carbocycles. The number of nitrogens with zero attached hydrogens (tertiary/aromatic N) is 4. The van der Waals surface area contributed by atoms with E-state index in [-0.39, 0.29) is 17.3 Å². The summed E-state index contributed by atoms with van der Waals surface area (Å²) in [4.78, 5) is 34.0. The van der Waals surface area contributed by atoms with E-state index in [1.165, 1.54) is 24.3 Å². The summed E-state index contributed by atoms with van der Waals surface area (Å²) in [6.45, 7) is 0.452. The summed E-state index contributed by atoms with van der Waals surface area (Å²) in [5, 5.41) is 5.23. The quantitative estimate of drug-likeness (QED) is 0.571. The van der Waals surface area contributed by atoms with Crippen LogP contribution in [-0.4, -0.2) is 50.8 Å². The summed E-state index contributed by atoms with van der Waals surface area (Å²) >= 11 is 0. The molecule has 1 aliphatic rings. The second-order valence-corrected chi connectivity index (χ2v) is 7.36. The van der Waals surface area contributed by atoms with Crippen LogP contribution in [0.5, 0.6) is 0 Å². The van der Waals surface area contributed by atoms with Gasteiger partial charge in [-0.05, 0) is 31.0 Å². The average Bonchev–Trinajstić information content (AvgIpc) is 3.38. The van der Waals surface area contributed by atoms with Crippen LogP contribution in [0.3, 0.4) is 0 Å². The van der Waals surface area contributed by atoms with Crippen LogP contribution in [0, 0.1) is 0 Å². The zero-order valence-corrected chi connectivity index (χ0v) is 17.0. The van der Waals surface area contributed by atoms with Crippen molar-refractivity contribution in [2.45, 2.75) is 25.1 Å². The highest BCUT2D eigenvalue weighted by atomic mass is 19.4. The molecule has 0 saturated carbocycles. The van der Waals surface area contributed by atoms with E-state index in [1.54, 1.807) is 22.7 Å². The zero-order chi connectivity index (χ0) is 23.0. The van der Waals surface area contributed by atoms with Gasteiger partial charge in [0.2, 0.25) is 5.91 Å². The third-order valence-corrected chi connectivity index (χ3v) is 5.31. The van der Waals surface area contributed by atoms with E-state index in [0.717, 1.165) is 12.5 Å². The van der Waals surface area contributed by atoms with Gasteiger partial charge in [0, 0.05) is 37.1 Å². The predicted molar refractivity (Wildman–Crippen MR) is 111 cm³/mol. The number of fused-ring (bicyclic) bond motifs is 1. The van der Waals surface area contributed by atoms with Crippen molar-refractivity contribution >= 4 is 29.2 Å². The molecule has 3 aromatic heterocycles. The van der Waals surface area contributed by atoms with Gasteiger partial charge in [0.1, 0.15) is 17.5 Å². The van der Waals surface area contributed by atoms with Crippen molar-refractivity contribution in [3.63, 3.8) is 0 Å². The number of likely N-dealkylation sites (N-methyl/N-ethyl adjacent to an activating group) is 1. The van der Waals surface area contributed by atoms with Crippen LogP contribution in [0.1, 0.15) is 18.4 Å². The van der Waals surface area contributed by atoms with Crippen molar-refractivity contribution in [2.24, 2.45) is 0 Å². The molecule has 3 aromatic rings. The lowest BCUT2D eigenvalue weighted by Crippen LogP contribution is -2.46. The standard InChI is InChI=1S/C20H20F3N7O2/c1-25-18(31)14-3-2-6-30(14)19(32)28-15-10-29-9-11(4-5-16(29)27-15)12-7-13(20(21,22)23)17(24)26-8-12/h4-5,7-10,14H,2-3,6H2,1H3,(H2,24,26)(H,25,31)(H,28,32)/t14-/m0/s1. The lowest BCUT2D eigenvalue weighted by Gasteiger charge is -2.22. The molecule has 4 rings (SSSR count). The van der Waals surface area contributed by atoms with Gasteiger partial charge in [0.15, 0.2) is 5.82 Å². The number of alkyl halides is 3. The Morgan fingerprint density at radius 3 is 2.72 bits per heavy atom. The van der Waals surface area contributed by atoms with Crippen LogP contribution in [0.4, 0.5) is 29.6 Å².